The van der Waals surface area contributed by atoms with E-state index >= 15 is 0 Å². The number of hydrogen-bond donors (Lipinski definition) is 0. The summed E-state index contributed by atoms with van der Waals surface area (Å²) in [6, 6.07) is 13.3. The summed E-state index contributed by atoms with van der Waals surface area (Å²) in [6.07, 6.45) is 1.71. The van der Waals surface area contributed by atoms with E-state index < -0.39 is 0 Å². The number of benzene rings is 1. The molecule has 0 bridgehead atoms. The fourth-order valence-electron chi connectivity index (χ4n) is 5.32. The third-order valence-electron chi connectivity index (χ3n) is 7.57. The number of fused-ring (bicyclic) bond motifs is 1. The van der Waals surface area contributed by atoms with Gasteiger partial charge in [0.15, 0.2) is 0 Å². The van der Waals surface area contributed by atoms with Crippen LogP contribution >= 0.6 is 0 Å². The third-order valence-corrected chi connectivity index (χ3v) is 7.57. The first kappa shape index (κ1) is 26.6. The maximum atomic E-state index is 13.9. The van der Waals surface area contributed by atoms with Crippen molar-refractivity contribution in [1.82, 2.24) is 19.4 Å². The van der Waals surface area contributed by atoms with Crippen LogP contribution in [0.2, 0.25) is 0 Å². The Balaban J connectivity index is 1.55. The number of aryl methyl sites for hydroxylation is 1. The molecule has 1 fully saturated rings. The van der Waals surface area contributed by atoms with Gasteiger partial charge in [0.1, 0.15) is 35.4 Å². The number of hydrogen-bond acceptors (Lipinski definition) is 7. The Hall–Kier alpha value is -4.03. The van der Waals surface area contributed by atoms with Crippen LogP contribution in [0.4, 0.5) is 10.1 Å². The minimum Gasteiger partial charge on any atom is -0.447 e. The predicted octanol–water partition coefficient (Wildman–Crippen LogP) is 4.92. The van der Waals surface area contributed by atoms with E-state index in [0.717, 1.165) is 11.3 Å². The highest BCUT2D eigenvalue weighted by Crippen LogP contribution is 2.36. The van der Waals surface area contributed by atoms with Crippen molar-refractivity contribution in [3.8, 4) is 6.07 Å². The van der Waals surface area contributed by atoms with Crippen LogP contribution in [0.25, 0.3) is 11.0 Å². The van der Waals surface area contributed by atoms with Gasteiger partial charge < -0.3 is 13.9 Å². The van der Waals surface area contributed by atoms with Crippen molar-refractivity contribution < 1.29 is 8.81 Å². The molecule has 3 atom stereocenters. The number of rotatable bonds is 4. The van der Waals surface area contributed by atoms with Gasteiger partial charge in [-0.15, -0.1) is 0 Å². The molecule has 0 saturated carbocycles. The van der Waals surface area contributed by atoms with Crippen molar-refractivity contribution in [1.29, 1.82) is 5.26 Å². The smallest absolute Gasteiger partial charge is 0.252 e. The van der Waals surface area contributed by atoms with Gasteiger partial charge in [-0.25, -0.2) is 14.4 Å². The first-order chi connectivity index (χ1) is 18.5. The van der Waals surface area contributed by atoms with Crippen LogP contribution in [0.3, 0.4) is 0 Å². The lowest BCUT2D eigenvalue weighted by molar-refractivity contribution is 0.114. The molecule has 202 valence electrons. The molecule has 5 rings (SSSR count). The van der Waals surface area contributed by atoms with Gasteiger partial charge in [0.25, 0.3) is 5.56 Å². The first-order valence-electron chi connectivity index (χ1n) is 13.1. The number of pyridine rings is 2. The molecule has 39 heavy (non-hydrogen) atoms. The van der Waals surface area contributed by atoms with Gasteiger partial charge in [0, 0.05) is 43.7 Å². The summed E-state index contributed by atoms with van der Waals surface area (Å²) in [5.74, 6) is 0.270. The zero-order chi connectivity index (χ0) is 28.1. The molecule has 1 saturated heterocycles. The molecule has 9 heteroatoms. The highest BCUT2D eigenvalue weighted by atomic mass is 19.1. The lowest BCUT2D eigenvalue weighted by Crippen LogP contribution is -2.57. The third kappa shape index (κ3) is 4.92. The summed E-state index contributed by atoms with van der Waals surface area (Å²) in [5.41, 5.74) is 3.76. The molecule has 1 aromatic carbocycles. The molecule has 0 spiro atoms. The standard InChI is InChI=1S/C30H33FN6O2/c1-18-16-37(28(20-7-9-21(31)10-8-20)29-34-25(17-39-29)30(3,4)5)19(2)15-36(18)24-13-26(38)35(6)23-12-11-22(14-32)33-27(23)24/h7-13,17-19,28H,15-16H2,1-6H3/t18-,19-,28?/m0/s1. The Labute approximate surface area is 227 Å². The predicted molar refractivity (Wildman–Crippen MR) is 148 cm³/mol. The molecule has 8 nitrogen and oxygen atoms in total. The minimum atomic E-state index is -0.315. The molecule has 1 aliphatic heterocycles. The Kier molecular flexibility index (Phi) is 6.77. The molecule has 4 aromatic rings. The summed E-state index contributed by atoms with van der Waals surface area (Å²) in [7, 11) is 1.71. The summed E-state index contributed by atoms with van der Waals surface area (Å²) in [5, 5.41) is 9.46. The number of halogens is 1. The van der Waals surface area contributed by atoms with E-state index in [1.54, 1.807) is 48.2 Å². The zero-order valence-electron chi connectivity index (χ0n) is 23.1. The molecular weight excluding hydrogens is 495 g/mol. The second kappa shape index (κ2) is 9.93. The number of nitriles is 1. The van der Waals surface area contributed by atoms with Gasteiger partial charge in [-0.2, -0.15) is 5.26 Å². The van der Waals surface area contributed by atoms with Crippen molar-refractivity contribution in [3.63, 3.8) is 0 Å². The van der Waals surface area contributed by atoms with E-state index in [-0.39, 0.29) is 34.9 Å². The Morgan fingerprint density at radius 2 is 1.79 bits per heavy atom. The van der Waals surface area contributed by atoms with Crippen molar-refractivity contribution in [2.24, 2.45) is 7.05 Å². The number of oxazole rings is 1. The maximum absolute atomic E-state index is 13.9. The normalized spacial score (nSPS) is 19.3. The molecule has 0 amide bonds. The molecule has 1 unspecified atom stereocenters. The summed E-state index contributed by atoms with van der Waals surface area (Å²) in [4.78, 5) is 26.8. The van der Waals surface area contributed by atoms with Crippen molar-refractivity contribution in [2.75, 3.05) is 18.0 Å². The Bertz CT molecular complexity index is 1610. The summed E-state index contributed by atoms with van der Waals surface area (Å²) in [6.45, 7) is 11.7. The molecule has 1 aliphatic rings. The highest BCUT2D eigenvalue weighted by Gasteiger charge is 2.38. The average molecular weight is 529 g/mol. The van der Waals surface area contributed by atoms with Crippen LogP contribution in [0.5, 0.6) is 0 Å². The van der Waals surface area contributed by atoms with E-state index in [2.05, 4.69) is 55.5 Å². The van der Waals surface area contributed by atoms with Crippen LogP contribution in [-0.2, 0) is 12.5 Å². The minimum absolute atomic E-state index is 0.0101. The lowest BCUT2D eigenvalue weighted by Gasteiger charge is -2.47. The van der Waals surface area contributed by atoms with E-state index in [9.17, 15) is 14.4 Å². The van der Waals surface area contributed by atoms with Crippen molar-refractivity contribution in [2.45, 2.75) is 58.2 Å². The maximum Gasteiger partial charge on any atom is 0.252 e. The van der Waals surface area contributed by atoms with Gasteiger partial charge in [0.05, 0.1) is 16.9 Å². The monoisotopic (exact) mass is 528 g/mol. The van der Waals surface area contributed by atoms with Crippen molar-refractivity contribution >= 4 is 16.7 Å². The van der Waals surface area contributed by atoms with E-state index in [4.69, 9.17) is 9.40 Å². The second-order valence-corrected chi connectivity index (χ2v) is 11.4. The first-order valence-corrected chi connectivity index (χ1v) is 13.1. The number of nitrogens with zero attached hydrogens (tertiary/aromatic N) is 6. The van der Waals surface area contributed by atoms with Crippen LogP contribution in [-0.4, -0.2) is 44.6 Å². The van der Waals surface area contributed by atoms with Crippen LogP contribution < -0.4 is 10.5 Å². The van der Waals surface area contributed by atoms with Crippen molar-refractivity contribution in [3.05, 3.63) is 87.7 Å². The zero-order valence-corrected chi connectivity index (χ0v) is 23.1. The topological polar surface area (TPSA) is 91.2 Å². The number of piperazine rings is 1. The van der Waals surface area contributed by atoms with E-state index in [1.807, 2.05) is 0 Å². The Morgan fingerprint density at radius 1 is 1.08 bits per heavy atom. The molecule has 3 aromatic heterocycles. The number of aromatic nitrogens is 3. The largest absolute Gasteiger partial charge is 0.447 e. The van der Waals surface area contributed by atoms with Gasteiger partial charge in [-0.3, -0.25) is 9.69 Å². The summed E-state index contributed by atoms with van der Waals surface area (Å²) < 4.78 is 21.5. The molecule has 0 N–H and O–H groups in total. The van der Waals surface area contributed by atoms with Gasteiger partial charge >= 0.3 is 0 Å². The van der Waals surface area contributed by atoms with E-state index in [1.165, 1.54) is 12.1 Å². The van der Waals surface area contributed by atoms with Gasteiger partial charge in [0.2, 0.25) is 5.89 Å². The van der Waals surface area contributed by atoms with Crippen LogP contribution in [0.15, 0.2) is 57.9 Å². The quantitative estimate of drug-likeness (QED) is 0.371. The second-order valence-electron chi connectivity index (χ2n) is 11.4. The fourth-order valence-corrected chi connectivity index (χ4v) is 5.32. The average Bonchev–Trinajstić information content (AvgIpc) is 3.40. The van der Waals surface area contributed by atoms with Gasteiger partial charge in [-0.1, -0.05) is 32.9 Å². The summed E-state index contributed by atoms with van der Waals surface area (Å²) >= 11 is 0. The number of anilines is 1. The molecule has 0 radical (unpaired) electrons. The molecular formula is C30H33FN6O2. The molecule has 4 heterocycles. The van der Waals surface area contributed by atoms with Gasteiger partial charge in [-0.05, 0) is 43.7 Å². The lowest BCUT2D eigenvalue weighted by atomic mass is 9.93. The molecule has 0 aliphatic carbocycles. The van der Waals surface area contributed by atoms with Crippen LogP contribution in [0, 0.1) is 17.1 Å². The van der Waals surface area contributed by atoms with Crippen LogP contribution in [0.1, 0.15) is 63.5 Å². The fraction of sp³-hybridized carbons (Fsp3) is 0.400. The van der Waals surface area contributed by atoms with E-state index in [0.29, 0.717) is 41.4 Å². The highest BCUT2D eigenvalue weighted by molar-refractivity contribution is 5.89. The Morgan fingerprint density at radius 3 is 2.44 bits per heavy atom. The SMILES string of the molecule is C[C@H]1CN(C(c2ccc(F)cc2)c2nc(C(C)(C)C)co2)[C@@H](C)CN1c1cc(=O)n(C)c2ccc(C#N)nc12.